The maximum absolute atomic E-state index is 11.6. The van der Waals surface area contributed by atoms with Crippen LogP contribution in [0, 0.1) is 6.92 Å². The van der Waals surface area contributed by atoms with Gasteiger partial charge in [0.05, 0.1) is 0 Å². The van der Waals surface area contributed by atoms with Crippen molar-refractivity contribution < 1.29 is 0 Å². The van der Waals surface area contributed by atoms with Crippen molar-refractivity contribution in [2.75, 3.05) is 5.75 Å². The number of aryl methyl sites for hydroxylation is 1. The Hall–Kier alpha value is -1.30. The minimum atomic E-state index is -0.114. The van der Waals surface area contributed by atoms with Crippen molar-refractivity contribution in [1.82, 2.24) is 19.6 Å². The average Bonchev–Trinajstić information content (AvgIpc) is 2.61. The summed E-state index contributed by atoms with van der Waals surface area (Å²) in [6.07, 6.45) is 2.30. The fourth-order valence-electron chi connectivity index (χ4n) is 1.35. The molecule has 2 rings (SSSR count). The lowest BCUT2D eigenvalue weighted by Gasteiger charge is -1.93. The van der Waals surface area contributed by atoms with Gasteiger partial charge in [-0.3, -0.25) is 9.89 Å². The number of hydrogen-bond donors (Lipinski definition) is 1. The highest BCUT2D eigenvalue weighted by Gasteiger charge is 2.06. The predicted molar refractivity (Wildman–Crippen MR) is 64.0 cm³/mol. The predicted octanol–water partition coefficient (Wildman–Crippen LogP) is 1.62. The molecule has 6 heteroatoms. The molecule has 0 aliphatic carbocycles. The summed E-state index contributed by atoms with van der Waals surface area (Å²) in [5, 5.41) is 3.70. The molecule has 0 aliphatic heterocycles. The van der Waals surface area contributed by atoms with Crippen LogP contribution in [-0.2, 0) is 0 Å². The van der Waals surface area contributed by atoms with E-state index in [1.165, 1.54) is 10.6 Å². The molecule has 2 aromatic rings. The fraction of sp³-hybridized carbons (Fsp3) is 0.500. The normalized spacial score (nSPS) is 11.1. The van der Waals surface area contributed by atoms with E-state index in [1.54, 1.807) is 18.7 Å². The Labute approximate surface area is 97.3 Å². The Morgan fingerprint density at radius 3 is 3.06 bits per heavy atom. The number of nitrogens with zero attached hydrogens (tertiary/aromatic N) is 3. The Morgan fingerprint density at radius 1 is 1.50 bits per heavy atom. The minimum Gasteiger partial charge on any atom is -0.267 e. The number of fused-ring (bicyclic) bond motifs is 1. The molecule has 0 unspecified atom stereocenters. The molecule has 0 saturated carbocycles. The van der Waals surface area contributed by atoms with Crippen molar-refractivity contribution in [3.05, 3.63) is 22.1 Å². The molecule has 86 valence electrons. The van der Waals surface area contributed by atoms with Gasteiger partial charge in [0, 0.05) is 17.5 Å². The molecule has 0 fully saturated rings. The molecule has 0 aromatic carbocycles. The highest BCUT2D eigenvalue weighted by molar-refractivity contribution is 7.99. The van der Waals surface area contributed by atoms with E-state index < -0.39 is 0 Å². The number of thioether (sulfide) groups is 1. The van der Waals surface area contributed by atoms with Crippen molar-refractivity contribution in [1.29, 1.82) is 0 Å². The van der Waals surface area contributed by atoms with E-state index in [9.17, 15) is 4.79 Å². The Bertz CT molecular complexity index is 545. The van der Waals surface area contributed by atoms with Crippen LogP contribution in [0.25, 0.3) is 5.78 Å². The fourth-order valence-corrected chi connectivity index (χ4v) is 2.28. The van der Waals surface area contributed by atoms with Gasteiger partial charge in [0.2, 0.25) is 0 Å². The summed E-state index contributed by atoms with van der Waals surface area (Å²) in [6.45, 7) is 3.94. The lowest BCUT2D eigenvalue weighted by atomic mass is 10.4. The van der Waals surface area contributed by atoms with Crippen LogP contribution < -0.4 is 5.56 Å². The van der Waals surface area contributed by atoms with Crippen molar-refractivity contribution in [2.45, 2.75) is 31.8 Å². The second-order valence-corrected chi connectivity index (χ2v) is 4.69. The number of aromatic amines is 1. The maximum atomic E-state index is 11.6. The van der Waals surface area contributed by atoms with E-state index in [4.69, 9.17) is 0 Å². The quantitative estimate of drug-likeness (QED) is 0.649. The topological polar surface area (TPSA) is 63.1 Å². The van der Waals surface area contributed by atoms with Crippen LogP contribution in [-0.4, -0.2) is 25.3 Å². The summed E-state index contributed by atoms with van der Waals surface area (Å²) in [7, 11) is 0. The molecule has 1 N–H and O–H groups in total. The zero-order valence-electron chi connectivity index (χ0n) is 9.36. The Balaban J connectivity index is 2.29. The lowest BCUT2D eigenvalue weighted by molar-refractivity contribution is 0.841. The molecule has 5 nitrogen and oxygen atoms in total. The van der Waals surface area contributed by atoms with E-state index in [1.807, 2.05) is 0 Å². The first kappa shape index (κ1) is 11.2. The first-order chi connectivity index (χ1) is 7.70. The van der Waals surface area contributed by atoms with Crippen LogP contribution in [0.1, 0.15) is 25.5 Å². The van der Waals surface area contributed by atoms with Crippen molar-refractivity contribution in [3.63, 3.8) is 0 Å². The largest absolute Gasteiger partial charge is 0.274 e. The van der Waals surface area contributed by atoms with E-state index in [0.29, 0.717) is 11.5 Å². The molecule has 0 atom stereocenters. The van der Waals surface area contributed by atoms with Gasteiger partial charge in [0.15, 0.2) is 5.16 Å². The zero-order chi connectivity index (χ0) is 11.5. The number of rotatable bonds is 4. The Morgan fingerprint density at radius 2 is 2.31 bits per heavy atom. The summed E-state index contributed by atoms with van der Waals surface area (Å²) >= 11 is 1.62. The standard InChI is InChI=1S/C10H14N4OS/c1-3-4-5-16-10-12-9-11-7(2)6-8(15)14(9)13-10/h6H,3-5H2,1-2H3,(H,11,12,13). The third kappa shape index (κ3) is 2.27. The van der Waals surface area contributed by atoms with E-state index in [0.717, 1.165) is 23.8 Å². The van der Waals surface area contributed by atoms with Gasteiger partial charge in [0.25, 0.3) is 11.3 Å². The maximum Gasteiger partial charge on any atom is 0.274 e. The molecule has 0 aliphatic rings. The first-order valence-corrected chi connectivity index (χ1v) is 6.28. The van der Waals surface area contributed by atoms with Crippen molar-refractivity contribution in [3.8, 4) is 0 Å². The van der Waals surface area contributed by atoms with Gasteiger partial charge in [-0.25, -0.2) is 4.98 Å². The molecular formula is C10H14N4OS. The van der Waals surface area contributed by atoms with Gasteiger partial charge in [-0.05, 0) is 13.3 Å². The van der Waals surface area contributed by atoms with Crippen LogP contribution in [0.2, 0.25) is 0 Å². The molecule has 0 radical (unpaired) electrons. The van der Waals surface area contributed by atoms with Crippen LogP contribution in [0.4, 0.5) is 0 Å². The van der Waals surface area contributed by atoms with Gasteiger partial charge in [0.1, 0.15) is 0 Å². The third-order valence-corrected chi connectivity index (χ3v) is 3.12. The monoisotopic (exact) mass is 238 g/mol. The van der Waals surface area contributed by atoms with Gasteiger partial charge in [-0.15, -0.1) is 0 Å². The number of aromatic nitrogens is 4. The molecule has 0 saturated heterocycles. The molecule has 16 heavy (non-hydrogen) atoms. The first-order valence-electron chi connectivity index (χ1n) is 5.30. The molecule has 2 aromatic heterocycles. The lowest BCUT2D eigenvalue weighted by Crippen LogP contribution is -2.14. The molecule has 0 spiro atoms. The molecule has 0 bridgehead atoms. The van der Waals surface area contributed by atoms with Crippen LogP contribution in [0.15, 0.2) is 16.0 Å². The number of H-pyrrole nitrogens is 1. The second kappa shape index (κ2) is 4.69. The molecule has 2 heterocycles. The van der Waals surface area contributed by atoms with Gasteiger partial charge in [-0.2, -0.15) is 9.50 Å². The van der Waals surface area contributed by atoms with Crippen LogP contribution >= 0.6 is 11.8 Å². The number of hydrogen-bond acceptors (Lipinski definition) is 4. The SMILES string of the molecule is CCCCSc1nc2nc(C)cc(=O)n2[nH]1. The third-order valence-electron chi connectivity index (χ3n) is 2.17. The Kier molecular flexibility index (Phi) is 3.28. The number of nitrogens with one attached hydrogen (secondary N) is 1. The van der Waals surface area contributed by atoms with Gasteiger partial charge in [-0.1, -0.05) is 25.1 Å². The smallest absolute Gasteiger partial charge is 0.267 e. The number of unbranched alkanes of at least 4 members (excludes halogenated alkanes) is 1. The van der Waals surface area contributed by atoms with Crippen LogP contribution in [0.5, 0.6) is 0 Å². The van der Waals surface area contributed by atoms with Gasteiger partial charge < -0.3 is 0 Å². The van der Waals surface area contributed by atoms with E-state index in [-0.39, 0.29) is 5.56 Å². The molecular weight excluding hydrogens is 224 g/mol. The summed E-state index contributed by atoms with van der Waals surface area (Å²) in [5.41, 5.74) is 0.582. The van der Waals surface area contributed by atoms with Crippen molar-refractivity contribution >= 4 is 17.5 Å². The molecule has 0 amide bonds. The van der Waals surface area contributed by atoms with E-state index >= 15 is 0 Å². The minimum absolute atomic E-state index is 0.114. The summed E-state index contributed by atoms with van der Waals surface area (Å²) < 4.78 is 1.38. The highest BCUT2D eigenvalue weighted by atomic mass is 32.2. The summed E-state index contributed by atoms with van der Waals surface area (Å²) in [5.74, 6) is 1.45. The highest BCUT2D eigenvalue weighted by Crippen LogP contribution is 2.14. The van der Waals surface area contributed by atoms with Crippen molar-refractivity contribution in [2.24, 2.45) is 0 Å². The zero-order valence-corrected chi connectivity index (χ0v) is 10.2. The second-order valence-electron chi connectivity index (χ2n) is 3.60. The summed E-state index contributed by atoms with van der Waals surface area (Å²) in [6, 6.07) is 1.49. The van der Waals surface area contributed by atoms with Gasteiger partial charge >= 0.3 is 0 Å². The van der Waals surface area contributed by atoms with Crippen LogP contribution in [0.3, 0.4) is 0 Å². The average molecular weight is 238 g/mol. The van der Waals surface area contributed by atoms with E-state index in [2.05, 4.69) is 22.0 Å². The summed E-state index contributed by atoms with van der Waals surface area (Å²) in [4.78, 5) is 20.0.